The van der Waals surface area contributed by atoms with Crippen LogP contribution in [-0.2, 0) is 33.7 Å². The first-order valence-electron chi connectivity index (χ1n) is 12.5. The first-order chi connectivity index (χ1) is 16.8. The van der Waals surface area contributed by atoms with Gasteiger partial charge in [0.2, 0.25) is 5.91 Å². The van der Waals surface area contributed by atoms with Crippen molar-refractivity contribution in [2.24, 2.45) is 0 Å². The lowest BCUT2D eigenvalue weighted by molar-refractivity contribution is -0.150. The number of carboxylic acid groups (broad SMARTS) is 1. The molecule has 0 aliphatic heterocycles. The minimum Gasteiger partial charge on any atom is -0.479 e. The van der Waals surface area contributed by atoms with Crippen molar-refractivity contribution in [2.45, 2.75) is 77.9 Å². The number of rotatable bonds is 16. The number of aryl methyl sites for hydroxylation is 1. The molecule has 0 spiro atoms. The van der Waals surface area contributed by atoms with Crippen LogP contribution in [0.3, 0.4) is 0 Å². The number of carboxylic acids is 1. The zero-order chi connectivity index (χ0) is 25.6. The second-order valence-electron chi connectivity index (χ2n) is 8.77. The summed E-state index contributed by atoms with van der Waals surface area (Å²) in [6.07, 6.45) is 5.40. The maximum absolute atomic E-state index is 14.2. The predicted octanol–water partition coefficient (Wildman–Crippen LogP) is 5.93. The smallest absolute Gasteiger partial charge is 0.333 e. The number of halogens is 2. The van der Waals surface area contributed by atoms with Crippen molar-refractivity contribution in [3.63, 3.8) is 0 Å². The third-order valence-electron chi connectivity index (χ3n) is 5.98. The molecule has 2 aromatic rings. The Labute approximate surface area is 207 Å². The summed E-state index contributed by atoms with van der Waals surface area (Å²) in [5.41, 5.74) is 2.11. The molecule has 7 heteroatoms. The molecular formula is C28H37F2NO4. The summed E-state index contributed by atoms with van der Waals surface area (Å²) < 4.78 is 32.8. The van der Waals surface area contributed by atoms with Crippen LogP contribution >= 0.6 is 0 Å². The van der Waals surface area contributed by atoms with E-state index in [1.807, 2.05) is 24.3 Å². The molecule has 0 saturated heterocycles. The van der Waals surface area contributed by atoms with Gasteiger partial charge in [-0.25, -0.2) is 13.6 Å². The van der Waals surface area contributed by atoms with Crippen molar-refractivity contribution in [1.82, 2.24) is 4.90 Å². The predicted molar refractivity (Wildman–Crippen MR) is 132 cm³/mol. The van der Waals surface area contributed by atoms with E-state index in [9.17, 15) is 23.5 Å². The van der Waals surface area contributed by atoms with Crippen molar-refractivity contribution < 1.29 is 28.2 Å². The van der Waals surface area contributed by atoms with Gasteiger partial charge < -0.3 is 14.7 Å². The zero-order valence-electron chi connectivity index (χ0n) is 20.8. The molecule has 0 aliphatic rings. The summed E-state index contributed by atoms with van der Waals surface area (Å²) in [4.78, 5) is 26.0. The number of aliphatic carboxylic acids is 1. The lowest BCUT2D eigenvalue weighted by atomic mass is 10.0. The largest absolute Gasteiger partial charge is 0.479 e. The van der Waals surface area contributed by atoms with E-state index in [0.29, 0.717) is 25.1 Å². The SMILES string of the molecule is CCCCCCCN(Cc1ccc(F)cc1F)C(=O)CCc1ccc(C[C@H](OCC)C(=O)O)cc1. The van der Waals surface area contributed by atoms with Gasteiger partial charge >= 0.3 is 5.97 Å². The second kappa shape index (κ2) is 15.2. The van der Waals surface area contributed by atoms with Crippen LogP contribution < -0.4 is 0 Å². The van der Waals surface area contributed by atoms with E-state index in [2.05, 4.69) is 6.92 Å². The average molecular weight is 490 g/mol. The molecule has 0 saturated carbocycles. The molecule has 1 N–H and O–H groups in total. The van der Waals surface area contributed by atoms with Gasteiger partial charge in [-0.15, -0.1) is 0 Å². The molecule has 0 radical (unpaired) electrons. The maximum atomic E-state index is 14.2. The molecule has 1 atom stereocenters. The van der Waals surface area contributed by atoms with Gasteiger partial charge in [0.05, 0.1) is 0 Å². The van der Waals surface area contributed by atoms with Crippen LogP contribution in [0.25, 0.3) is 0 Å². The van der Waals surface area contributed by atoms with E-state index in [-0.39, 0.29) is 25.3 Å². The highest BCUT2D eigenvalue weighted by Gasteiger charge is 2.19. The summed E-state index contributed by atoms with van der Waals surface area (Å²) >= 11 is 0. The van der Waals surface area contributed by atoms with Crippen LogP contribution in [0.2, 0.25) is 0 Å². The zero-order valence-corrected chi connectivity index (χ0v) is 20.8. The topological polar surface area (TPSA) is 66.8 Å². The molecule has 0 heterocycles. The fourth-order valence-corrected chi connectivity index (χ4v) is 3.94. The van der Waals surface area contributed by atoms with Crippen molar-refractivity contribution in [3.8, 4) is 0 Å². The van der Waals surface area contributed by atoms with Gasteiger partial charge in [0, 0.05) is 44.2 Å². The Balaban J connectivity index is 1.97. The highest BCUT2D eigenvalue weighted by molar-refractivity contribution is 5.76. The van der Waals surface area contributed by atoms with Crippen LogP contribution in [0.4, 0.5) is 8.78 Å². The first kappa shape index (κ1) is 28.4. The Morgan fingerprint density at radius 1 is 0.971 bits per heavy atom. The highest BCUT2D eigenvalue weighted by atomic mass is 19.1. The molecule has 2 aromatic carbocycles. The Kier molecular flexibility index (Phi) is 12.4. The minimum atomic E-state index is -0.992. The number of unbranched alkanes of at least 4 members (excludes halogenated alkanes) is 4. The van der Waals surface area contributed by atoms with E-state index in [0.717, 1.165) is 49.3 Å². The number of ether oxygens (including phenoxy) is 1. The van der Waals surface area contributed by atoms with Gasteiger partial charge in [-0.1, -0.05) is 62.9 Å². The van der Waals surface area contributed by atoms with Crippen molar-refractivity contribution in [3.05, 3.63) is 70.8 Å². The third kappa shape index (κ3) is 10.1. The van der Waals surface area contributed by atoms with Crippen LogP contribution in [0.5, 0.6) is 0 Å². The fraction of sp³-hybridized carbons (Fsp3) is 0.500. The maximum Gasteiger partial charge on any atom is 0.333 e. The van der Waals surface area contributed by atoms with Crippen LogP contribution in [0, 0.1) is 11.6 Å². The fourth-order valence-electron chi connectivity index (χ4n) is 3.94. The van der Waals surface area contributed by atoms with Crippen molar-refractivity contribution in [1.29, 1.82) is 0 Å². The van der Waals surface area contributed by atoms with Crippen molar-refractivity contribution in [2.75, 3.05) is 13.2 Å². The van der Waals surface area contributed by atoms with Gasteiger partial charge in [0.15, 0.2) is 6.10 Å². The number of carbonyl (C=O) groups is 2. The summed E-state index contributed by atoms with van der Waals surface area (Å²) in [5.74, 6) is -2.34. The molecule has 1 amide bonds. The Bertz CT molecular complexity index is 933. The van der Waals surface area contributed by atoms with Gasteiger partial charge in [-0.3, -0.25) is 4.79 Å². The molecule has 0 bridgehead atoms. The molecule has 0 fully saturated rings. The number of nitrogens with zero attached hydrogens (tertiary/aromatic N) is 1. The highest BCUT2D eigenvalue weighted by Crippen LogP contribution is 2.16. The van der Waals surface area contributed by atoms with Gasteiger partial charge in [0.1, 0.15) is 11.6 Å². The number of amides is 1. The molecule has 0 aliphatic carbocycles. The first-order valence-corrected chi connectivity index (χ1v) is 12.5. The average Bonchev–Trinajstić information content (AvgIpc) is 2.83. The summed E-state index contributed by atoms with van der Waals surface area (Å²) in [5, 5.41) is 9.25. The molecule has 192 valence electrons. The van der Waals surface area contributed by atoms with E-state index in [1.54, 1.807) is 11.8 Å². The van der Waals surface area contributed by atoms with E-state index >= 15 is 0 Å². The van der Waals surface area contributed by atoms with Crippen LogP contribution in [-0.4, -0.2) is 41.1 Å². The minimum absolute atomic E-state index is 0.0735. The Morgan fingerprint density at radius 3 is 2.29 bits per heavy atom. The van der Waals surface area contributed by atoms with Crippen LogP contribution in [0.15, 0.2) is 42.5 Å². The summed E-state index contributed by atoms with van der Waals surface area (Å²) in [6.45, 7) is 4.88. The molecular weight excluding hydrogens is 452 g/mol. The summed E-state index contributed by atoms with van der Waals surface area (Å²) in [6, 6.07) is 11.0. The lowest BCUT2D eigenvalue weighted by Crippen LogP contribution is -2.32. The number of benzene rings is 2. The van der Waals surface area contributed by atoms with E-state index < -0.39 is 23.7 Å². The molecule has 0 unspecified atom stereocenters. The molecule has 2 rings (SSSR count). The second-order valence-corrected chi connectivity index (χ2v) is 8.77. The Hall–Kier alpha value is -2.80. The molecule has 35 heavy (non-hydrogen) atoms. The van der Waals surface area contributed by atoms with E-state index in [1.165, 1.54) is 12.1 Å². The lowest BCUT2D eigenvalue weighted by Gasteiger charge is -2.23. The van der Waals surface area contributed by atoms with Crippen LogP contribution in [0.1, 0.15) is 69.1 Å². The number of carbonyl (C=O) groups excluding carboxylic acids is 1. The molecule has 5 nitrogen and oxygen atoms in total. The number of hydrogen-bond donors (Lipinski definition) is 1. The standard InChI is InChI=1S/C28H37F2NO4/c1-3-5-6-7-8-17-31(20-23-14-15-24(29)19-25(23)30)27(32)16-13-21-9-11-22(12-10-21)18-26(28(33)34)35-4-2/h9-12,14-15,19,26H,3-8,13,16-18,20H2,1-2H3,(H,33,34)/t26-/m0/s1. The number of hydrogen-bond acceptors (Lipinski definition) is 3. The monoisotopic (exact) mass is 489 g/mol. The Morgan fingerprint density at radius 2 is 1.66 bits per heavy atom. The van der Waals surface area contributed by atoms with E-state index in [4.69, 9.17) is 4.74 Å². The van der Waals surface area contributed by atoms with Gasteiger partial charge in [-0.05, 0) is 37.0 Å². The van der Waals surface area contributed by atoms with Gasteiger partial charge in [-0.2, -0.15) is 0 Å². The third-order valence-corrected chi connectivity index (χ3v) is 5.98. The quantitative estimate of drug-likeness (QED) is 0.297. The van der Waals surface area contributed by atoms with Crippen molar-refractivity contribution >= 4 is 11.9 Å². The summed E-state index contributed by atoms with van der Waals surface area (Å²) in [7, 11) is 0. The van der Waals surface area contributed by atoms with Gasteiger partial charge in [0.25, 0.3) is 0 Å². The normalized spacial score (nSPS) is 11.9. The molecule has 0 aromatic heterocycles.